The smallest absolute Gasteiger partial charge is 0.337 e. The minimum atomic E-state index is -0.362. The quantitative estimate of drug-likeness (QED) is 0.381. The van der Waals surface area contributed by atoms with E-state index in [-0.39, 0.29) is 36.8 Å². The van der Waals surface area contributed by atoms with Crippen molar-refractivity contribution in [1.29, 1.82) is 0 Å². The fraction of sp³-hybridized carbons (Fsp3) is 0.391. The summed E-state index contributed by atoms with van der Waals surface area (Å²) in [5.74, 6) is -0.227. The monoisotopic (exact) mass is 441 g/mol. The van der Waals surface area contributed by atoms with Crippen LogP contribution in [0.3, 0.4) is 0 Å². The number of carbonyl (C=O) groups is 3. The lowest BCUT2D eigenvalue weighted by Gasteiger charge is -2.13. The Balaban J connectivity index is 1.64. The number of amides is 2. The minimum absolute atomic E-state index is 0.0994. The first kappa shape index (κ1) is 24.8. The molecule has 1 unspecified atom stereocenters. The van der Waals surface area contributed by atoms with E-state index in [2.05, 4.69) is 27.9 Å². The number of aryl methyl sites for hydroxylation is 1. The van der Waals surface area contributed by atoms with Gasteiger partial charge in [-0.25, -0.2) is 9.78 Å². The van der Waals surface area contributed by atoms with Gasteiger partial charge in [-0.1, -0.05) is 25.1 Å². The highest BCUT2D eigenvalue weighted by molar-refractivity contribution is 5.89. The Morgan fingerprint density at radius 3 is 2.56 bits per heavy atom. The molecule has 172 valence electrons. The predicted molar refractivity (Wildman–Crippen MR) is 122 cm³/mol. The Labute approximate surface area is 188 Å². The molecule has 0 aliphatic carbocycles. The number of esters is 1. The van der Waals surface area contributed by atoms with Crippen molar-refractivity contribution < 1.29 is 19.1 Å². The van der Waals surface area contributed by atoms with Crippen molar-refractivity contribution in [3.05, 3.63) is 58.8 Å². The van der Waals surface area contributed by atoms with Crippen LogP contribution in [0, 0.1) is 12.8 Å². The van der Waals surface area contributed by atoms with Crippen LogP contribution in [0.5, 0.6) is 0 Å². The number of hydrogen-bond acceptors (Lipinski definition) is 7. The van der Waals surface area contributed by atoms with Crippen LogP contribution in [0.1, 0.15) is 34.1 Å². The zero-order valence-corrected chi connectivity index (χ0v) is 18.7. The molecule has 0 radical (unpaired) electrons. The van der Waals surface area contributed by atoms with Crippen molar-refractivity contribution >= 4 is 23.6 Å². The van der Waals surface area contributed by atoms with E-state index in [0.717, 1.165) is 23.2 Å². The van der Waals surface area contributed by atoms with Crippen LogP contribution < -0.4 is 21.7 Å². The molecule has 1 aromatic carbocycles. The molecule has 1 aromatic heterocycles. The summed E-state index contributed by atoms with van der Waals surface area (Å²) in [6.07, 6.45) is 0.751. The molecular formula is C23H31N5O4. The molecule has 5 N–H and O–H groups in total. The lowest BCUT2D eigenvalue weighted by Crippen LogP contribution is -2.41. The summed E-state index contributed by atoms with van der Waals surface area (Å²) in [5, 5.41) is 8.43. The third-order valence-electron chi connectivity index (χ3n) is 4.85. The Kier molecular flexibility index (Phi) is 9.62. The summed E-state index contributed by atoms with van der Waals surface area (Å²) < 4.78 is 4.74. The molecule has 2 amide bonds. The van der Waals surface area contributed by atoms with E-state index in [9.17, 15) is 14.4 Å². The lowest BCUT2D eigenvalue weighted by atomic mass is 9.99. The number of pyridine rings is 1. The maximum atomic E-state index is 12.0. The van der Waals surface area contributed by atoms with Gasteiger partial charge in [-0.3, -0.25) is 9.59 Å². The largest absolute Gasteiger partial charge is 0.465 e. The van der Waals surface area contributed by atoms with Gasteiger partial charge in [0.05, 0.1) is 25.8 Å². The molecule has 0 saturated carbocycles. The first-order valence-electron chi connectivity index (χ1n) is 10.4. The number of hydrogen-bond donors (Lipinski definition) is 4. The average molecular weight is 442 g/mol. The number of aromatic nitrogens is 1. The highest BCUT2D eigenvalue weighted by Crippen LogP contribution is 2.11. The summed E-state index contributed by atoms with van der Waals surface area (Å²) in [6, 6.07) is 10.8. The zero-order valence-electron chi connectivity index (χ0n) is 18.7. The van der Waals surface area contributed by atoms with Crippen molar-refractivity contribution in [2.24, 2.45) is 5.92 Å². The molecule has 0 spiro atoms. The predicted octanol–water partition coefficient (Wildman–Crippen LogP) is 0.960. The van der Waals surface area contributed by atoms with Crippen LogP contribution in [-0.2, 0) is 27.3 Å². The zero-order chi connectivity index (χ0) is 23.5. The van der Waals surface area contributed by atoms with Gasteiger partial charge in [-0.15, -0.1) is 0 Å². The number of ether oxygens (including phenoxy) is 1. The lowest BCUT2D eigenvalue weighted by molar-refractivity contribution is -0.125. The van der Waals surface area contributed by atoms with Gasteiger partial charge < -0.3 is 26.4 Å². The van der Waals surface area contributed by atoms with Crippen LogP contribution in [0.2, 0.25) is 0 Å². The van der Waals surface area contributed by atoms with Crippen LogP contribution in [0.25, 0.3) is 0 Å². The Morgan fingerprint density at radius 1 is 1.09 bits per heavy atom. The number of carbonyl (C=O) groups excluding carboxylic acids is 3. The summed E-state index contributed by atoms with van der Waals surface area (Å²) in [4.78, 5) is 39.7. The number of nitrogens with one attached hydrogen (secondary N) is 3. The van der Waals surface area contributed by atoms with Gasteiger partial charge in [-0.2, -0.15) is 0 Å². The number of nitrogen functional groups attached to an aromatic ring is 1. The first-order valence-corrected chi connectivity index (χ1v) is 10.4. The summed E-state index contributed by atoms with van der Waals surface area (Å²) >= 11 is 0. The third-order valence-corrected chi connectivity index (χ3v) is 4.85. The highest BCUT2D eigenvalue weighted by atomic mass is 16.5. The van der Waals surface area contributed by atoms with E-state index in [1.54, 1.807) is 12.1 Å². The molecule has 32 heavy (non-hydrogen) atoms. The van der Waals surface area contributed by atoms with E-state index in [1.165, 1.54) is 7.11 Å². The Hall–Kier alpha value is -3.46. The molecule has 0 bridgehead atoms. The SMILES string of the molecule is COC(=O)c1cccc(CC(C)CNCC(=O)NCC(=O)NCc2ccc(N)nc2C)c1. The number of nitrogens with two attached hydrogens (primary N) is 1. The van der Waals surface area contributed by atoms with E-state index in [1.807, 2.05) is 31.2 Å². The van der Waals surface area contributed by atoms with Gasteiger partial charge in [0, 0.05) is 12.2 Å². The van der Waals surface area contributed by atoms with Crippen molar-refractivity contribution in [1.82, 2.24) is 20.9 Å². The minimum Gasteiger partial charge on any atom is -0.465 e. The maximum Gasteiger partial charge on any atom is 0.337 e. The standard InChI is InChI=1S/C23H31N5O4/c1-15(9-17-5-4-6-18(10-17)23(31)32-3)11-25-13-21(29)27-14-22(30)26-12-19-7-8-20(24)28-16(19)2/h4-8,10,15,25H,9,11-14H2,1-3H3,(H2,24,28)(H,26,30)(H,27,29). The number of rotatable bonds is 11. The molecule has 0 aliphatic heterocycles. The average Bonchev–Trinajstić information content (AvgIpc) is 2.76. The second kappa shape index (κ2) is 12.4. The number of methoxy groups -OCH3 is 1. The molecule has 0 fully saturated rings. The maximum absolute atomic E-state index is 12.0. The topological polar surface area (TPSA) is 135 Å². The van der Waals surface area contributed by atoms with E-state index < -0.39 is 0 Å². The van der Waals surface area contributed by atoms with Crippen LogP contribution >= 0.6 is 0 Å². The molecule has 1 heterocycles. The molecule has 9 nitrogen and oxygen atoms in total. The molecule has 2 aromatic rings. The Bertz CT molecular complexity index is 948. The second-order valence-corrected chi connectivity index (χ2v) is 7.67. The van der Waals surface area contributed by atoms with Crippen molar-refractivity contribution in [3.63, 3.8) is 0 Å². The van der Waals surface area contributed by atoms with Gasteiger partial charge in [0.25, 0.3) is 0 Å². The summed E-state index contributed by atoms with van der Waals surface area (Å²) in [5.41, 5.74) is 8.78. The number of anilines is 1. The second-order valence-electron chi connectivity index (χ2n) is 7.67. The fourth-order valence-electron chi connectivity index (χ4n) is 3.14. The molecule has 2 rings (SSSR count). The van der Waals surface area contributed by atoms with Gasteiger partial charge in [0.1, 0.15) is 5.82 Å². The Morgan fingerprint density at radius 2 is 1.84 bits per heavy atom. The first-order chi connectivity index (χ1) is 15.3. The van der Waals surface area contributed by atoms with Crippen LogP contribution in [0.15, 0.2) is 36.4 Å². The molecule has 0 saturated heterocycles. The molecule has 0 aliphatic rings. The van der Waals surface area contributed by atoms with Crippen LogP contribution in [0.4, 0.5) is 5.82 Å². The summed E-state index contributed by atoms with van der Waals surface area (Å²) in [6.45, 7) is 4.82. The highest BCUT2D eigenvalue weighted by Gasteiger charge is 2.10. The normalized spacial score (nSPS) is 11.5. The van der Waals surface area contributed by atoms with Gasteiger partial charge in [-0.05, 0) is 55.1 Å². The van der Waals surface area contributed by atoms with E-state index >= 15 is 0 Å². The van der Waals surface area contributed by atoms with Gasteiger partial charge >= 0.3 is 5.97 Å². The van der Waals surface area contributed by atoms with E-state index in [4.69, 9.17) is 10.5 Å². The number of benzene rings is 1. The van der Waals surface area contributed by atoms with E-state index in [0.29, 0.717) is 24.5 Å². The van der Waals surface area contributed by atoms with Gasteiger partial charge in [0.15, 0.2) is 0 Å². The number of nitrogens with zero attached hydrogens (tertiary/aromatic N) is 1. The fourth-order valence-corrected chi connectivity index (χ4v) is 3.14. The van der Waals surface area contributed by atoms with Crippen molar-refractivity contribution in [2.45, 2.75) is 26.8 Å². The third kappa shape index (κ3) is 8.35. The molecule has 9 heteroatoms. The van der Waals surface area contributed by atoms with Crippen molar-refractivity contribution in [2.75, 3.05) is 32.5 Å². The molecular weight excluding hydrogens is 410 g/mol. The molecule has 1 atom stereocenters. The van der Waals surface area contributed by atoms with Gasteiger partial charge in [0.2, 0.25) is 11.8 Å². The van der Waals surface area contributed by atoms with Crippen molar-refractivity contribution in [3.8, 4) is 0 Å². The van der Waals surface area contributed by atoms with Crippen LogP contribution in [-0.4, -0.2) is 49.5 Å². The summed E-state index contributed by atoms with van der Waals surface area (Å²) in [7, 11) is 1.36.